The molecule has 3 N–H and O–H groups in total. The monoisotopic (exact) mass is 534 g/mol. The van der Waals surface area contributed by atoms with E-state index in [0.717, 1.165) is 40.2 Å². The number of rotatable bonds is 7. The van der Waals surface area contributed by atoms with E-state index in [1.807, 2.05) is 50.4 Å². The molecule has 1 fully saturated rings. The fourth-order valence-corrected chi connectivity index (χ4v) is 4.48. The Morgan fingerprint density at radius 2 is 1.45 bits per heavy atom. The van der Waals surface area contributed by atoms with Gasteiger partial charge in [-0.1, -0.05) is 78.0 Å². The second kappa shape index (κ2) is 11.7. The largest absolute Gasteiger partial charge is 0.503 e. The minimum atomic E-state index is -1.83. The highest BCUT2D eigenvalue weighted by Crippen LogP contribution is 2.40. The Morgan fingerprint density at radius 3 is 2.08 bits per heavy atom. The SMILES string of the molecule is Cc1noc(-c2ccc(-c3ccc(C4CC4)cc3)cc2)c1Nc1cccc(N(C)c2ccccc2)n1.O=C(O)O. The Morgan fingerprint density at radius 1 is 0.850 bits per heavy atom. The van der Waals surface area contributed by atoms with Gasteiger partial charge in [-0.05, 0) is 66.6 Å². The van der Waals surface area contributed by atoms with Crippen LogP contribution in [0.1, 0.15) is 30.0 Å². The van der Waals surface area contributed by atoms with Crippen LogP contribution in [-0.2, 0) is 0 Å². The number of aromatic nitrogens is 2. The third-order valence-electron chi connectivity index (χ3n) is 6.78. The molecule has 8 nitrogen and oxygen atoms in total. The van der Waals surface area contributed by atoms with Gasteiger partial charge in [0.15, 0.2) is 5.76 Å². The van der Waals surface area contributed by atoms with E-state index >= 15 is 0 Å². The standard InChI is InChI=1S/C31H28N4O.CH2O3/c1-21-30(33-28-9-6-10-29(32-28)35(2)27-7-4-3-5-8-27)31(36-34-21)26-19-17-25(18-20-26)24-15-13-23(14-16-24)22-11-12-22;2-1(3)4/h3-10,13-20,22H,11-12H2,1-2H3,(H,32,33);(H2,2,3,4). The van der Waals surface area contributed by atoms with E-state index in [-0.39, 0.29) is 0 Å². The molecule has 0 atom stereocenters. The average Bonchev–Trinajstić information content (AvgIpc) is 3.77. The molecule has 8 heteroatoms. The Bertz CT molecular complexity index is 1570. The molecule has 0 radical (unpaired) electrons. The second-order valence-corrected chi connectivity index (χ2v) is 9.63. The van der Waals surface area contributed by atoms with Crippen molar-refractivity contribution in [2.45, 2.75) is 25.7 Å². The third kappa shape index (κ3) is 6.30. The Labute approximate surface area is 232 Å². The summed E-state index contributed by atoms with van der Waals surface area (Å²) in [4.78, 5) is 15.4. The molecule has 202 valence electrons. The topological polar surface area (TPSA) is 112 Å². The highest BCUT2D eigenvalue weighted by Gasteiger charge is 2.23. The minimum absolute atomic E-state index is 0.701. The fraction of sp³-hybridized carbons (Fsp3) is 0.156. The van der Waals surface area contributed by atoms with E-state index in [1.165, 1.54) is 29.5 Å². The summed E-state index contributed by atoms with van der Waals surface area (Å²) in [6.07, 6.45) is 0.815. The molecule has 0 spiro atoms. The zero-order valence-corrected chi connectivity index (χ0v) is 22.3. The molecule has 40 heavy (non-hydrogen) atoms. The molecule has 0 amide bonds. The lowest BCUT2D eigenvalue weighted by molar-refractivity contribution is 0.137. The van der Waals surface area contributed by atoms with Crippen LogP contribution >= 0.6 is 0 Å². The highest BCUT2D eigenvalue weighted by molar-refractivity contribution is 5.79. The van der Waals surface area contributed by atoms with Gasteiger partial charge < -0.3 is 25.0 Å². The van der Waals surface area contributed by atoms with E-state index < -0.39 is 6.16 Å². The van der Waals surface area contributed by atoms with Crippen molar-refractivity contribution >= 4 is 29.2 Å². The molecule has 3 aromatic carbocycles. The van der Waals surface area contributed by atoms with Gasteiger partial charge in [0.25, 0.3) is 0 Å². The lowest BCUT2D eigenvalue weighted by Gasteiger charge is -2.19. The number of benzene rings is 3. The van der Waals surface area contributed by atoms with E-state index in [9.17, 15) is 0 Å². The molecule has 5 aromatic rings. The van der Waals surface area contributed by atoms with Gasteiger partial charge in [-0.15, -0.1) is 0 Å². The minimum Gasteiger partial charge on any atom is -0.450 e. The quantitative estimate of drug-likeness (QED) is 0.191. The van der Waals surface area contributed by atoms with Crippen molar-refractivity contribution in [1.82, 2.24) is 10.1 Å². The van der Waals surface area contributed by atoms with Gasteiger partial charge in [-0.2, -0.15) is 0 Å². The first-order valence-corrected chi connectivity index (χ1v) is 13.0. The number of hydrogen-bond donors (Lipinski definition) is 3. The fourth-order valence-electron chi connectivity index (χ4n) is 4.48. The number of anilines is 4. The molecule has 0 saturated heterocycles. The first kappa shape index (κ1) is 26.5. The molecule has 1 saturated carbocycles. The van der Waals surface area contributed by atoms with Crippen LogP contribution in [0.3, 0.4) is 0 Å². The highest BCUT2D eigenvalue weighted by atomic mass is 16.6. The number of carbonyl (C=O) groups is 1. The van der Waals surface area contributed by atoms with Gasteiger partial charge >= 0.3 is 6.16 Å². The Balaban J connectivity index is 0.000000758. The van der Waals surface area contributed by atoms with Gasteiger partial charge in [-0.3, -0.25) is 0 Å². The van der Waals surface area contributed by atoms with Crippen molar-refractivity contribution in [3.63, 3.8) is 0 Å². The van der Waals surface area contributed by atoms with Crippen LogP contribution in [0.2, 0.25) is 0 Å². The van der Waals surface area contributed by atoms with E-state index in [1.54, 1.807) is 0 Å². The molecule has 6 rings (SSSR count). The molecular weight excluding hydrogens is 504 g/mol. The smallest absolute Gasteiger partial charge is 0.450 e. The zero-order chi connectivity index (χ0) is 28.1. The number of nitrogens with one attached hydrogen (secondary N) is 1. The first-order chi connectivity index (χ1) is 19.4. The van der Waals surface area contributed by atoms with E-state index in [0.29, 0.717) is 5.76 Å². The molecule has 0 bridgehead atoms. The number of hydrogen-bond acceptors (Lipinski definition) is 6. The normalized spacial score (nSPS) is 12.2. The van der Waals surface area contributed by atoms with Crippen molar-refractivity contribution in [2.24, 2.45) is 0 Å². The molecule has 0 aliphatic heterocycles. The molecule has 2 heterocycles. The van der Waals surface area contributed by atoms with Crippen molar-refractivity contribution in [1.29, 1.82) is 0 Å². The number of pyridine rings is 1. The maximum Gasteiger partial charge on any atom is 0.503 e. The second-order valence-electron chi connectivity index (χ2n) is 9.63. The van der Waals surface area contributed by atoms with Gasteiger partial charge in [0.1, 0.15) is 23.0 Å². The molecule has 2 aromatic heterocycles. The number of para-hydroxylation sites is 1. The van der Waals surface area contributed by atoms with Gasteiger partial charge in [0.05, 0.1) is 0 Å². The average molecular weight is 535 g/mol. The summed E-state index contributed by atoms with van der Waals surface area (Å²) in [7, 11) is 2.01. The number of carboxylic acid groups (broad SMARTS) is 2. The summed E-state index contributed by atoms with van der Waals surface area (Å²) in [5.74, 6) is 3.05. The van der Waals surface area contributed by atoms with Crippen LogP contribution < -0.4 is 10.2 Å². The Hall–Kier alpha value is -5.11. The summed E-state index contributed by atoms with van der Waals surface area (Å²) in [6.45, 7) is 1.94. The van der Waals surface area contributed by atoms with Crippen molar-refractivity contribution in [3.8, 4) is 22.5 Å². The predicted octanol–water partition coefficient (Wildman–Crippen LogP) is 8.32. The number of nitrogens with zero attached hydrogens (tertiary/aromatic N) is 3. The number of aryl methyl sites for hydroxylation is 1. The lowest BCUT2D eigenvalue weighted by Crippen LogP contribution is -2.11. The summed E-state index contributed by atoms with van der Waals surface area (Å²) in [5, 5.41) is 21.6. The van der Waals surface area contributed by atoms with Crippen molar-refractivity contribution in [3.05, 3.63) is 108 Å². The maximum absolute atomic E-state index is 8.56. The van der Waals surface area contributed by atoms with Crippen LogP contribution in [0.15, 0.2) is 102 Å². The molecule has 0 unspecified atom stereocenters. The van der Waals surface area contributed by atoms with Crippen molar-refractivity contribution in [2.75, 3.05) is 17.3 Å². The summed E-state index contributed by atoms with van der Waals surface area (Å²) in [6, 6.07) is 33.5. The summed E-state index contributed by atoms with van der Waals surface area (Å²) in [5.41, 5.74) is 7.51. The van der Waals surface area contributed by atoms with Gasteiger partial charge in [-0.25, -0.2) is 9.78 Å². The first-order valence-electron chi connectivity index (χ1n) is 13.0. The third-order valence-corrected chi connectivity index (χ3v) is 6.78. The van der Waals surface area contributed by atoms with Crippen LogP contribution in [0.4, 0.5) is 27.8 Å². The van der Waals surface area contributed by atoms with Crippen LogP contribution in [-0.4, -0.2) is 33.6 Å². The van der Waals surface area contributed by atoms with E-state index in [4.69, 9.17) is 24.5 Å². The molecule has 1 aliphatic carbocycles. The molecule has 1 aliphatic rings. The van der Waals surface area contributed by atoms with Gasteiger partial charge in [0, 0.05) is 18.3 Å². The zero-order valence-electron chi connectivity index (χ0n) is 22.3. The van der Waals surface area contributed by atoms with Crippen LogP contribution in [0.25, 0.3) is 22.5 Å². The Kier molecular flexibility index (Phi) is 7.77. The van der Waals surface area contributed by atoms with Crippen molar-refractivity contribution < 1.29 is 19.5 Å². The van der Waals surface area contributed by atoms with Crippen LogP contribution in [0, 0.1) is 6.92 Å². The predicted molar refractivity (Wildman–Crippen MR) is 157 cm³/mol. The van der Waals surface area contributed by atoms with E-state index in [2.05, 4.69) is 76.0 Å². The summed E-state index contributed by atoms with van der Waals surface area (Å²) < 4.78 is 5.74. The van der Waals surface area contributed by atoms with Crippen LogP contribution in [0.5, 0.6) is 0 Å². The molecular formula is C32H30N4O4. The maximum atomic E-state index is 8.56. The van der Waals surface area contributed by atoms with Gasteiger partial charge in [0.2, 0.25) is 0 Å². The summed E-state index contributed by atoms with van der Waals surface area (Å²) >= 11 is 0. The lowest BCUT2D eigenvalue weighted by atomic mass is 10.0.